The van der Waals surface area contributed by atoms with E-state index in [1.165, 1.54) is 12.3 Å². The first kappa shape index (κ1) is 19.3. The molecular weight excluding hydrogens is 405 g/mol. The summed E-state index contributed by atoms with van der Waals surface area (Å²) in [7, 11) is 0. The van der Waals surface area contributed by atoms with Gasteiger partial charge in [-0.05, 0) is 31.5 Å². The largest absolute Gasteiger partial charge is 0.445 e. The Hall–Kier alpha value is -2.46. The molecule has 0 aliphatic rings. The average Bonchev–Trinajstić information content (AvgIpc) is 3.07. The van der Waals surface area contributed by atoms with Gasteiger partial charge in [-0.3, -0.25) is 14.9 Å². The number of alkyl halides is 3. The summed E-state index contributed by atoms with van der Waals surface area (Å²) in [4.78, 5) is 25.2. The smallest absolute Gasteiger partial charge is 0.346 e. The van der Waals surface area contributed by atoms with Crippen molar-refractivity contribution in [1.82, 2.24) is 14.8 Å². The Labute approximate surface area is 159 Å². The fourth-order valence-corrected chi connectivity index (χ4v) is 3.38. The Kier molecular flexibility index (Phi) is 4.96. The van der Waals surface area contributed by atoms with Crippen LogP contribution in [0.3, 0.4) is 0 Å². The number of amides is 1. The number of nitrogens with zero attached hydrogens (tertiary/aromatic N) is 3. The summed E-state index contributed by atoms with van der Waals surface area (Å²) in [6.07, 6.45) is -3.30. The molecule has 0 spiro atoms. The zero-order valence-corrected chi connectivity index (χ0v) is 15.6. The minimum atomic E-state index is -4.66. The molecule has 2 heterocycles. The Bertz CT molecular complexity index is 1110. The summed E-state index contributed by atoms with van der Waals surface area (Å²) >= 11 is 6.30. The number of carbonyl (C=O) groups is 1. The van der Waals surface area contributed by atoms with Crippen molar-refractivity contribution in [3.8, 4) is 0 Å². The van der Waals surface area contributed by atoms with E-state index in [9.17, 15) is 22.8 Å². The van der Waals surface area contributed by atoms with Crippen LogP contribution in [0.4, 0.5) is 18.3 Å². The first-order chi connectivity index (χ1) is 12.6. The number of benzene rings is 1. The lowest BCUT2D eigenvalue weighted by Crippen LogP contribution is -2.24. The highest BCUT2D eigenvalue weighted by molar-refractivity contribution is 7.15. The van der Waals surface area contributed by atoms with E-state index in [-0.39, 0.29) is 22.0 Å². The van der Waals surface area contributed by atoms with E-state index in [1.54, 1.807) is 17.6 Å². The number of rotatable bonds is 3. The zero-order valence-electron chi connectivity index (χ0n) is 14.0. The van der Waals surface area contributed by atoms with Crippen molar-refractivity contribution in [3.63, 3.8) is 0 Å². The number of aryl methyl sites for hydroxylation is 2. The topological polar surface area (TPSA) is 76.9 Å². The van der Waals surface area contributed by atoms with Crippen LogP contribution in [0.5, 0.6) is 0 Å². The normalized spacial score (nSPS) is 11.8. The van der Waals surface area contributed by atoms with Gasteiger partial charge in [-0.15, -0.1) is 10.2 Å². The van der Waals surface area contributed by atoms with Crippen LogP contribution in [-0.4, -0.2) is 20.7 Å². The maximum atomic E-state index is 12.7. The molecule has 27 heavy (non-hydrogen) atoms. The minimum Gasteiger partial charge on any atom is -0.346 e. The third-order valence-corrected chi connectivity index (χ3v) is 5.19. The van der Waals surface area contributed by atoms with Gasteiger partial charge in [-0.2, -0.15) is 13.2 Å². The number of carbonyl (C=O) groups excluding carboxylic acids is 1. The van der Waals surface area contributed by atoms with Gasteiger partial charge in [0.15, 0.2) is 0 Å². The van der Waals surface area contributed by atoms with Crippen LogP contribution in [0.1, 0.15) is 27.9 Å². The molecule has 0 bridgehead atoms. The quantitative estimate of drug-likeness (QED) is 0.697. The molecule has 3 rings (SSSR count). The van der Waals surface area contributed by atoms with Gasteiger partial charge in [0.1, 0.15) is 5.56 Å². The first-order valence-corrected chi connectivity index (χ1v) is 8.87. The monoisotopic (exact) mass is 416 g/mol. The highest BCUT2D eigenvalue weighted by Crippen LogP contribution is 2.33. The highest BCUT2D eigenvalue weighted by atomic mass is 35.5. The number of hydrogen-bond donors (Lipinski definition) is 1. The number of nitrogens with one attached hydrogen (secondary N) is 1. The molecule has 0 aliphatic heterocycles. The second-order valence-electron chi connectivity index (χ2n) is 5.59. The Morgan fingerprint density at radius 2 is 2.04 bits per heavy atom. The van der Waals surface area contributed by atoms with E-state index < -0.39 is 22.5 Å². The zero-order chi connectivity index (χ0) is 19.9. The number of pyridine rings is 1. The van der Waals surface area contributed by atoms with E-state index in [0.29, 0.717) is 28.0 Å². The van der Waals surface area contributed by atoms with Gasteiger partial charge >= 0.3 is 6.18 Å². The summed E-state index contributed by atoms with van der Waals surface area (Å²) in [6.45, 7) is 4.04. The lowest BCUT2D eigenvalue weighted by atomic mass is 10.1. The van der Waals surface area contributed by atoms with Crippen molar-refractivity contribution in [2.45, 2.75) is 26.6 Å². The van der Waals surface area contributed by atoms with E-state index in [2.05, 4.69) is 15.5 Å². The summed E-state index contributed by atoms with van der Waals surface area (Å²) < 4.78 is 39.5. The lowest BCUT2D eigenvalue weighted by molar-refractivity contribution is -0.138. The van der Waals surface area contributed by atoms with Gasteiger partial charge in [0.25, 0.3) is 5.91 Å². The van der Waals surface area contributed by atoms with Crippen LogP contribution in [-0.2, 0) is 12.7 Å². The number of hydrogen-bond acceptors (Lipinski definition) is 5. The van der Waals surface area contributed by atoms with Crippen LogP contribution in [0.25, 0.3) is 10.9 Å². The minimum absolute atomic E-state index is 0.181. The maximum Gasteiger partial charge on any atom is 0.445 e. The van der Waals surface area contributed by atoms with Crippen molar-refractivity contribution >= 4 is 44.9 Å². The molecule has 11 heteroatoms. The number of aromatic nitrogens is 3. The second kappa shape index (κ2) is 6.93. The molecule has 142 valence electrons. The number of halogens is 4. The van der Waals surface area contributed by atoms with Crippen molar-refractivity contribution in [3.05, 3.63) is 49.7 Å². The molecule has 3 aromatic rings. The fourth-order valence-electron chi connectivity index (χ4n) is 2.62. The summed E-state index contributed by atoms with van der Waals surface area (Å²) in [5.74, 6) is -0.860. The summed E-state index contributed by atoms with van der Waals surface area (Å²) in [5.41, 5.74) is 0.531. The van der Waals surface area contributed by atoms with Crippen LogP contribution in [0, 0.1) is 6.92 Å². The lowest BCUT2D eigenvalue weighted by Gasteiger charge is -2.14. The molecule has 0 unspecified atom stereocenters. The fraction of sp³-hybridized carbons (Fsp3) is 0.250. The summed E-state index contributed by atoms with van der Waals surface area (Å²) in [5, 5.41) is 7.73. The molecule has 1 amide bonds. The number of anilines is 1. The van der Waals surface area contributed by atoms with Gasteiger partial charge in [0.05, 0.1) is 5.52 Å². The standard InChI is InChI=1S/C16H12ClF3N4O2S/c1-3-24-6-9(12(25)8-4-5-10(17)7(2)11(8)24)13(26)21-15-23-22-14(27-15)16(18,19)20/h4-6H,3H2,1-2H3,(H,21,23,26). The summed E-state index contributed by atoms with van der Waals surface area (Å²) in [6, 6.07) is 3.07. The molecule has 0 saturated carbocycles. The van der Waals surface area contributed by atoms with Gasteiger partial charge in [-0.1, -0.05) is 22.9 Å². The van der Waals surface area contributed by atoms with Gasteiger partial charge in [-0.25, -0.2) is 0 Å². The van der Waals surface area contributed by atoms with Crippen LogP contribution in [0.2, 0.25) is 5.02 Å². The molecule has 6 nitrogen and oxygen atoms in total. The van der Waals surface area contributed by atoms with E-state index in [0.717, 1.165) is 0 Å². The third-order valence-electron chi connectivity index (χ3n) is 3.90. The van der Waals surface area contributed by atoms with E-state index in [4.69, 9.17) is 11.6 Å². The van der Waals surface area contributed by atoms with Crippen molar-refractivity contribution in [2.75, 3.05) is 5.32 Å². The Morgan fingerprint density at radius 1 is 1.33 bits per heavy atom. The van der Waals surface area contributed by atoms with E-state index >= 15 is 0 Å². The highest BCUT2D eigenvalue weighted by Gasteiger charge is 2.36. The molecule has 0 aliphatic carbocycles. The Morgan fingerprint density at radius 3 is 2.63 bits per heavy atom. The van der Waals surface area contributed by atoms with Crippen molar-refractivity contribution in [2.24, 2.45) is 0 Å². The predicted molar refractivity (Wildman–Crippen MR) is 96.5 cm³/mol. The van der Waals surface area contributed by atoms with Crippen LogP contribution >= 0.6 is 22.9 Å². The molecule has 0 saturated heterocycles. The molecule has 1 aromatic carbocycles. The molecule has 2 aromatic heterocycles. The first-order valence-electron chi connectivity index (χ1n) is 7.67. The predicted octanol–water partition coefficient (Wildman–Crippen LogP) is 4.11. The van der Waals surface area contributed by atoms with Crippen molar-refractivity contribution < 1.29 is 18.0 Å². The van der Waals surface area contributed by atoms with Crippen LogP contribution in [0.15, 0.2) is 23.1 Å². The molecule has 0 radical (unpaired) electrons. The number of fused-ring (bicyclic) bond motifs is 1. The van der Waals surface area contributed by atoms with Crippen LogP contribution < -0.4 is 10.7 Å². The SMILES string of the molecule is CCn1cc(C(=O)Nc2nnc(C(F)(F)F)s2)c(=O)c2ccc(Cl)c(C)c21. The molecular formula is C16H12ClF3N4O2S. The van der Waals surface area contributed by atoms with Gasteiger partial charge < -0.3 is 4.57 Å². The van der Waals surface area contributed by atoms with Gasteiger partial charge in [0, 0.05) is 23.2 Å². The second-order valence-corrected chi connectivity index (χ2v) is 6.98. The maximum absolute atomic E-state index is 12.7. The van der Waals surface area contributed by atoms with Gasteiger partial charge in [0.2, 0.25) is 15.6 Å². The molecule has 1 N–H and O–H groups in total. The molecule has 0 atom stereocenters. The molecule has 0 fully saturated rings. The van der Waals surface area contributed by atoms with E-state index in [1.807, 2.05) is 6.92 Å². The Balaban J connectivity index is 2.05. The average molecular weight is 417 g/mol. The van der Waals surface area contributed by atoms with Crippen molar-refractivity contribution in [1.29, 1.82) is 0 Å². The third kappa shape index (κ3) is 3.54.